The molecule has 0 aliphatic heterocycles. The van der Waals surface area contributed by atoms with Crippen molar-refractivity contribution in [2.45, 2.75) is 43.7 Å². The second kappa shape index (κ2) is 10.7. The summed E-state index contributed by atoms with van der Waals surface area (Å²) in [6.07, 6.45) is 0.986. The van der Waals surface area contributed by atoms with E-state index in [-0.39, 0.29) is 31.4 Å². The van der Waals surface area contributed by atoms with Gasteiger partial charge in [0.05, 0.1) is 12.6 Å². The highest BCUT2D eigenvalue weighted by atomic mass is 16.5. The molecule has 1 fully saturated rings. The lowest BCUT2D eigenvalue weighted by atomic mass is 9.98. The molecule has 2 atom stereocenters. The van der Waals surface area contributed by atoms with Gasteiger partial charge in [-0.05, 0) is 47.4 Å². The molecular weight excluding hydrogens is 436 g/mol. The first-order chi connectivity index (χ1) is 16.5. The highest BCUT2D eigenvalue weighted by Crippen LogP contribution is 2.44. The molecule has 180 valence electrons. The van der Waals surface area contributed by atoms with Crippen molar-refractivity contribution in [2.24, 2.45) is 5.92 Å². The lowest BCUT2D eigenvalue weighted by Crippen LogP contribution is -2.51. The number of benzene rings is 2. The summed E-state index contributed by atoms with van der Waals surface area (Å²) in [5, 5.41) is 14.6. The maximum Gasteiger partial charge on any atom is 0.407 e. The van der Waals surface area contributed by atoms with Crippen LogP contribution >= 0.6 is 0 Å². The molecule has 2 amide bonds. The van der Waals surface area contributed by atoms with Crippen LogP contribution in [0.4, 0.5) is 4.79 Å². The van der Waals surface area contributed by atoms with Gasteiger partial charge in [-0.3, -0.25) is 9.59 Å². The number of aliphatic carboxylic acids is 1. The smallest absolute Gasteiger partial charge is 0.407 e. The third-order valence-electron chi connectivity index (χ3n) is 6.46. The van der Waals surface area contributed by atoms with Gasteiger partial charge in [0.25, 0.3) is 0 Å². The lowest BCUT2D eigenvalue weighted by molar-refractivity contribution is -0.137. The topological polar surface area (TPSA) is 114 Å². The Morgan fingerprint density at radius 2 is 1.62 bits per heavy atom. The third kappa shape index (κ3) is 5.56. The van der Waals surface area contributed by atoms with Crippen LogP contribution in [0.3, 0.4) is 0 Å². The van der Waals surface area contributed by atoms with Crippen molar-refractivity contribution in [2.75, 3.05) is 20.3 Å². The maximum absolute atomic E-state index is 12.9. The van der Waals surface area contributed by atoms with E-state index in [1.54, 1.807) is 7.11 Å². The Morgan fingerprint density at radius 3 is 2.18 bits per heavy atom. The monoisotopic (exact) mass is 466 g/mol. The molecule has 0 spiro atoms. The van der Waals surface area contributed by atoms with Gasteiger partial charge >= 0.3 is 12.1 Å². The molecule has 0 bridgehead atoms. The quantitative estimate of drug-likeness (QED) is 0.468. The van der Waals surface area contributed by atoms with Crippen molar-refractivity contribution in [3.05, 3.63) is 59.7 Å². The number of nitrogens with one attached hydrogen (secondary N) is 2. The molecule has 2 unspecified atom stereocenters. The van der Waals surface area contributed by atoms with E-state index in [2.05, 4.69) is 22.8 Å². The molecule has 2 aromatic carbocycles. The SMILES string of the molecule is COCC(NC(=O)C(CCC(=O)O)NC(=O)OCC1c2ccccc2-c2ccccc21)C1CC1. The second-order valence-electron chi connectivity index (χ2n) is 8.86. The Morgan fingerprint density at radius 1 is 1.00 bits per heavy atom. The predicted octanol–water partition coefficient (Wildman–Crippen LogP) is 3.30. The number of amides is 2. The fourth-order valence-electron chi connectivity index (χ4n) is 4.58. The van der Waals surface area contributed by atoms with Gasteiger partial charge in [-0.1, -0.05) is 48.5 Å². The van der Waals surface area contributed by atoms with Crippen molar-refractivity contribution < 1.29 is 29.0 Å². The van der Waals surface area contributed by atoms with Gasteiger partial charge < -0.3 is 25.2 Å². The summed E-state index contributed by atoms with van der Waals surface area (Å²) in [4.78, 5) is 36.6. The first-order valence-electron chi connectivity index (χ1n) is 11.6. The van der Waals surface area contributed by atoms with Crippen LogP contribution in [0.5, 0.6) is 0 Å². The summed E-state index contributed by atoms with van der Waals surface area (Å²) in [6, 6.07) is 14.9. The zero-order valence-electron chi connectivity index (χ0n) is 19.2. The summed E-state index contributed by atoms with van der Waals surface area (Å²) in [5.41, 5.74) is 4.41. The Hall–Kier alpha value is -3.39. The molecule has 8 heteroatoms. The molecule has 8 nitrogen and oxygen atoms in total. The van der Waals surface area contributed by atoms with Crippen molar-refractivity contribution >= 4 is 18.0 Å². The molecule has 0 aromatic heterocycles. The van der Waals surface area contributed by atoms with E-state index >= 15 is 0 Å². The number of carboxylic acids is 1. The standard InChI is InChI=1S/C26H30N2O6/c1-33-15-23(16-10-11-16)27-25(31)22(12-13-24(29)30)28-26(32)34-14-21-19-8-4-2-6-17(19)18-7-3-5-9-20(18)21/h2-9,16,21-23H,10-15H2,1H3,(H,27,31)(H,28,32)(H,29,30). The Kier molecular flexibility index (Phi) is 7.47. The van der Waals surface area contributed by atoms with Crippen LogP contribution in [0, 0.1) is 5.92 Å². The highest BCUT2D eigenvalue weighted by Gasteiger charge is 2.34. The number of alkyl carbamates (subject to hydrolysis) is 1. The number of carbonyl (C=O) groups excluding carboxylic acids is 2. The number of carbonyl (C=O) groups is 3. The largest absolute Gasteiger partial charge is 0.481 e. The van der Waals surface area contributed by atoms with E-state index < -0.39 is 24.0 Å². The lowest BCUT2D eigenvalue weighted by Gasteiger charge is -2.23. The summed E-state index contributed by atoms with van der Waals surface area (Å²) < 4.78 is 10.7. The fraction of sp³-hybridized carbons (Fsp3) is 0.423. The Bertz CT molecular complexity index is 1010. The van der Waals surface area contributed by atoms with Gasteiger partial charge in [-0.25, -0.2) is 4.79 Å². The van der Waals surface area contributed by atoms with Gasteiger partial charge in [0.15, 0.2) is 0 Å². The Balaban J connectivity index is 1.40. The zero-order valence-corrected chi connectivity index (χ0v) is 19.2. The number of carboxylic acid groups (broad SMARTS) is 1. The first-order valence-corrected chi connectivity index (χ1v) is 11.6. The van der Waals surface area contributed by atoms with Crippen molar-refractivity contribution in [3.8, 4) is 11.1 Å². The minimum absolute atomic E-state index is 0.0320. The van der Waals surface area contributed by atoms with Gasteiger partial charge in [-0.15, -0.1) is 0 Å². The first kappa shape index (κ1) is 23.8. The van der Waals surface area contributed by atoms with E-state index in [0.29, 0.717) is 12.5 Å². The number of hydrogen-bond acceptors (Lipinski definition) is 5. The third-order valence-corrected chi connectivity index (χ3v) is 6.46. The van der Waals surface area contributed by atoms with Gasteiger partial charge in [0.1, 0.15) is 12.6 Å². The van der Waals surface area contributed by atoms with Crippen LogP contribution in [-0.2, 0) is 19.1 Å². The molecular formula is C26H30N2O6. The maximum atomic E-state index is 12.9. The molecule has 4 rings (SSSR count). The zero-order chi connectivity index (χ0) is 24.1. The average molecular weight is 467 g/mol. The molecule has 34 heavy (non-hydrogen) atoms. The molecule has 0 saturated heterocycles. The summed E-state index contributed by atoms with van der Waals surface area (Å²) in [6.45, 7) is 0.481. The second-order valence-corrected chi connectivity index (χ2v) is 8.86. The number of ether oxygens (including phenoxy) is 2. The van der Waals surface area contributed by atoms with Crippen LogP contribution < -0.4 is 10.6 Å². The van der Waals surface area contributed by atoms with Gasteiger partial charge in [0.2, 0.25) is 5.91 Å². The van der Waals surface area contributed by atoms with Crippen molar-refractivity contribution in [3.63, 3.8) is 0 Å². The predicted molar refractivity (Wildman–Crippen MR) is 125 cm³/mol. The van der Waals surface area contributed by atoms with E-state index in [0.717, 1.165) is 35.1 Å². The normalized spacial score (nSPS) is 16.1. The van der Waals surface area contributed by atoms with Crippen LogP contribution in [0.15, 0.2) is 48.5 Å². The Labute approximate surface area is 198 Å². The molecule has 2 aliphatic carbocycles. The fourth-order valence-corrected chi connectivity index (χ4v) is 4.58. The van der Waals surface area contributed by atoms with E-state index in [4.69, 9.17) is 14.6 Å². The van der Waals surface area contributed by atoms with E-state index in [9.17, 15) is 14.4 Å². The number of methoxy groups -OCH3 is 1. The van der Waals surface area contributed by atoms with Crippen molar-refractivity contribution in [1.29, 1.82) is 0 Å². The summed E-state index contributed by atoms with van der Waals surface area (Å²) >= 11 is 0. The van der Waals surface area contributed by atoms with Gasteiger partial charge in [-0.2, -0.15) is 0 Å². The molecule has 3 N–H and O–H groups in total. The average Bonchev–Trinajstić information content (AvgIpc) is 3.63. The molecule has 2 aromatic rings. The highest BCUT2D eigenvalue weighted by molar-refractivity contribution is 5.86. The van der Waals surface area contributed by atoms with Crippen LogP contribution in [0.25, 0.3) is 11.1 Å². The minimum atomic E-state index is -1.04. The van der Waals surface area contributed by atoms with Gasteiger partial charge in [0, 0.05) is 19.4 Å². The summed E-state index contributed by atoms with van der Waals surface area (Å²) in [7, 11) is 1.57. The summed E-state index contributed by atoms with van der Waals surface area (Å²) in [5.74, 6) is -1.23. The van der Waals surface area contributed by atoms with Crippen LogP contribution in [-0.4, -0.2) is 55.5 Å². The minimum Gasteiger partial charge on any atom is -0.481 e. The molecule has 0 heterocycles. The number of hydrogen-bond donors (Lipinski definition) is 3. The molecule has 1 saturated carbocycles. The molecule has 2 aliphatic rings. The van der Waals surface area contributed by atoms with Crippen LogP contribution in [0.2, 0.25) is 0 Å². The molecule has 0 radical (unpaired) electrons. The van der Waals surface area contributed by atoms with Crippen molar-refractivity contribution in [1.82, 2.24) is 10.6 Å². The van der Waals surface area contributed by atoms with E-state index in [1.807, 2.05) is 36.4 Å². The van der Waals surface area contributed by atoms with Crippen LogP contribution in [0.1, 0.15) is 42.7 Å². The van der Waals surface area contributed by atoms with E-state index in [1.165, 1.54) is 0 Å². The number of fused-ring (bicyclic) bond motifs is 3. The number of rotatable bonds is 11.